The Bertz CT molecular complexity index is 634. The molecule has 0 atom stereocenters. The van der Waals surface area contributed by atoms with E-state index in [1.165, 1.54) is 0 Å². The molecule has 1 aromatic heterocycles. The molecule has 124 valence electrons. The third-order valence-corrected chi connectivity index (χ3v) is 3.81. The number of nitrogens with zero attached hydrogens (tertiary/aromatic N) is 2. The molecule has 2 aromatic rings. The van der Waals surface area contributed by atoms with Gasteiger partial charge in [-0.1, -0.05) is 0 Å². The van der Waals surface area contributed by atoms with Gasteiger partial charge in [-0.3, -0.25) is 0 Å². The highest BCUT2D eigenvalue weighted by atomic mass is 16.6. The maximum absolute atomic E-state index is 12.1. The lowest BCUT2D eigenvalue weighted by Gasteiger charge is -2.36. The Morgan fingerprint density at radius 2 is 1.74 bits per heavy atom. The Labute approximate surface area is 136 Å². The number of hydrogen-bond donors (Lipinski definition) is 1. The summed E-state index contributed by atoms with van der Waals surface area (Å²) < 4.78 is 10.5. The van der Waals surface area contributed by atoms with Crippen LogP contribution in [-0.4, -0.2) is 47.9 Å². The average Bonchev–Trinajstić information content (AvgIpc) is 2.45. The first kappa shape index (κ1) is 15.5. The summed E-state index contributed by atoms with van der Waals surface area (Å²) in [7, 11) is 0. The molecule has 1 aromatic carbocycles. The zero-order valence-corrected chi connectivity index (χ0v) is 13.8. The summed E-state index contributed by atoms with van der Waals surface area (Å²) in [5, 5.41) is 2.65. The van der Waals surface area contributed by atoms with Crippen molar-refractivity contribution < 1.29 is 14.1 Å². The van der Waals surface area contributed by atoms with Crippen molar-refractivity contribution in [2.45, 2.75) is 26.4 Å². The second-order valence-electron chi connectivity index (χ2n) is 6.73. The van der Waals surface area contributed by atoms with Gasteiger partial charge < -0.3 is 19.1 Å². The van der Waals surface area contributed by atoms with E-state index < -0.39 is 5.60 Å². The van der Waals surface area contributed by atoms with E-state index in [0.29, 0.717) is 13.1 Å². The summed E-state index contributed by atoms with van der Waals surface area (Å²) in [6, 6.07) is 8.26. The summed E-state index contributed by atoms with van der Waals surface area (Å²) in [6.45, 7) is 8.63. The number of anilines is 1. The van der Waals surface area contributed by atoms with Gasteiger partial charge >= 0.3 is 6.09 Å². The summed E-state index contributed by atoms with van der Waals surface area (Å²) in [4.78, 5) is 16.1. The number of ether oxygens (including phenoxy) is 1. The Morgan fingerprint density at radius 3 is 2.22 bits per heavy atom. The minimum absolute atomic E-state index is 0.228. The maximum atomic E-state index is 12.1. The number of piperazine rings is 1. The molecule has 1 saturated heterocycles. The van der Waals surface area contributed by atoms with Gasteiger partial charge in [-0.05, 0) is 45.0 Å². The predicted molar refractivity (Wildman–Crippen MR) is 88.5 cm³/mol. The number of H-pyrrole nitrogens is 1. The number of amides is 1. The number of aromatic nitrogens is 1. The van der Waals surface area contributed by atoms with E-state index >= 15 is 0 Å². The van der Waals surface area contributed by atoms with Crippen molar-refractivity contribution in [3.05, 3.63) is 30.5 Å². The molecule has 1 aliphatic rings. The number of carbonyl (C=O) groups is 1. The summed E-state index contributed by atoms with van der Waals surface area (Å²) in [5.74, 6) is 0.853. The molecule has 23 heavy (non-hydrogen) atoms. The van der Waals surface area contributed by atoms with Gasteiger partial charge in [0.05, 0.1) is 6.20 Å². The molecular formula is C17H23N3O3. The van der Waals surface area contributed by atoms with Gasteiger partial charge in [-0.15, -0.1) is 0 Å². The van der Waals surface area contributed by atoms with Gasteiger partial charge in [-0.2, -0.15) is 0 Å². The van der Waals surface area contributed by atoms with Crippen LogP contribution < -0.4 is 4.90 Å². The number of carbonyl (C=O) groups excluding carboxylic acids is 1. The van der Waals surface area contributed by atoms with Gasteiger partial charge in [0.2, 0.25) is 0 Å². The van der Waals surface area contributed by atoms with Crippen LogP contribution in [0.15, 0.2) is 35.0 Å². The fourth-order valence-electron chi connectivity index (χ4n) is 2.57. The lowest BCUT2D eigenvalue weighted by molar-refractivity contribution is 0.0240. The molecule has 0 saturated carbocycles. The number of hydrogen-bond acceptors (Lipinski definition) is 4. The van der Waals surface area contributed by atoms with Crippen molar-refractivity contribution >= 4 is 11.8 Å². The molecule has 3 rings (SSSR count). The van der Waals surface area contributed by atoms with Crippen LogP contribution in [0.5, 0.6) is 0 Å². The summed E-state index contributed by atoms with van der Waals surface area (Å²) in [5.41, 5.74) is 1.77. The molecular weight excluding hydrogens is 294 g/mol. The van der Waals surface area contributed by atoms with Gasteiger partial charge in [0.1, 0.15) is 5.60 Å². The third kappa shape index (κ3) is 3.70. The first-order valence-electron chi connectivity index (χ1n) is 7.88. The standard InChI is InChI=1S/C17H23N3O3/c1-17(2,3)22-16(21)20-10-8-19(9-11-20)14-6-4-13(5-7-14)15-12-18-23-15/h4-7,12,18H,8-11H2,1-3H3. The van der Waals surface area contributed by atoms with Crippen molar-refractivity contribution in [2.24, 2.45) is 0 Å². The van der Waals surface area contributed by atoms with Crippen LogP contribution in [0.2, 0.25) is 0 Å². The van der Waals surface area contributed by atoms with Crippen molar-refractivity contribution in [1.29, 1.82) is 0 Å². The number of nitrogens with one attached hydrogen (secondary N) is 1. The first-order chi connectivity index (χ1) is 10.9. The van der Waals surface area contributed by atoms with Gasteiger partial charge in [0, 0.05) is 37.4 Å². The summed E-state index contributed by atoms with van der Waals surface area (Å²) in [6.07, 6.45) is 1.60. The fraction of sp³-hybridized carbons (Fsp3) is 0.471. The van der Waals surface area contributed by atoms with Crippen LogP contribution in [-0.2, 0) is 4.74 Å². The zero-order valence-electron chi connectivity index (χ0n) is 13.8. The molecule has 1 fully saturated rings. The van der Waals surface area contributed by atoms with E-state index in [1.54, 1.807) is 4.90 Å². The lowest BCUT2D eigenvalue weighted by atomic mass is 10.1. The highest BCUT2D eigenvalue weighted by molar-refractivity contribution is 5.69. The minimum Gasteiger partial charge on any atom is -0.444 e. The van der Waals surface area contributed by atoms with E-state index in [2.05, 4.69) is 22.2 Å². The van der Waals surface area contributed by atoms with Crippen molar-refractivity contribution in [3.63, 3.8) is 0 Å². The molecule has 0 bridgehead atoms. The van der Waals surface area contributed by atoms with Gasteiger partial charge in [-0.25, -0.2) is 9.95 Å². The van der Waals surface area contributed by atoms with E-state index in [4.69, 9.17) is 9.26 Å². The van der Waals surface area contributed by atoms with Crippen molar-refractivity contribution in [2.75, 3.05) is 31.1 Å². The molecule has 0 unspecified atom stereocenters. The van der Waals surface area contributed by atoms with Crippen molar-refractivity contribution in [1.82, 2.24) is 10.1 Å². The SMILES string of the molecule is CC(C)(C)OC(=O)N1CCN(c2ccc(-c3c[nH]o3)cc2)CC1. The molecule has 2 heterocycles. The van der Waals surface area contributed by atoms with Crippen LogP contribution in [0.1, 0.15) is 20.8 Å². The Hall–Kier alpha value is -2.37. The molecule has 0 aliphatic carbocycles. The predicted octanol–water partition coefficient (Wildman–Crippen LogP) is 3.33. The Balaban J connectivity index is 1.56. The molecule has 6 nitrogen and oxygen atoms in total. The minimum atomic E-state index is -0.447. The van der Waals surface area contributed by atoms with Crippen LogP contribution >= 0.6 is 0 Å². The van der Waals surface area contributed by atoms with Crippen LogP contribution in [0.25, 0.3) is 11.3 Å². The van der Waals surface area contributed by atoms with E-state index in [-0.39, 0.29) is 6.09 Å². The van der Waals surface area contributed by atoms with Gasteiger partial charge in [0.25, 0.3) is 0 Å². The molecule has 0 radical (unpaired) electrons. The van der Waals surface area contributed by atoms with E-state index in [1.807, 2.05) is 39.1 Å². The van der Waals surface area contributed by atoms with Crippen LogP contribution in [0.3, 0.4) is 0 Å². The number of aromatic amines is 1. The largest absolute Gasteiger partial charge is 0.444 e. The van der Waals surface area contributed by atoms with Crippen LogP contribution in [0, 0.1) is 0 Å². The van der Waals surface area contributed by atoms with Gasteiger partial charge in [0.15, 0.2) is 5.76 Å². The van der Waals surface area contributed by atoms with Crippen molar-refractivity contribution in [3.8, 4) is 11.3 Å². The van der Waals surface area contributed by atoms with E-state index in [9.17, 15) is 4.79 Å². The molecule has 1 amide bonds. The topological polar surface area (TPSA) is 61.7 Å². The molecule has 1 N–H and O–H groups in total. The van der Waals surface area contributed by atoms with Crippen LogP contribution in [0.4, 0.5) is 10.5 Å². The fourth-order valence-corrected chi connectivity index (χ4v) is 2.57. The van der Waals surface area contributed by atoms with E-state index in [0.717, 1.165) is 30.1 Å². The first-order valence-corrected chi connectivity index (χ1v) is 7.88. The smallest absolute Gasteiger partial charge is 0.410 e. The second kappa shape index (κ2) is 6.02. The number of benzene rings is 1. The quantitative estimate of drug-likeness (QED) is 0.923. The second-order valence-corrected chi connectivity index (χ2v) is 6.73. The highest BCUT2D eigenvalue weighted by Gasteiger charge is 2.25. The highest BCUT2D eigenvalue weighted by Crippen LogP contribution is 2.24. The molecule has 1 aliphatic heterocycles. The normalized spacial score (nSPS) is 15.8. The average molecular weight is 317 g/mol. The summed E-state index contributed by atoms with van der Waals surface area (Å²) >= 11 is 0. The Morgan fingerprint density at radius 1 is 1.13 bits per heavy atom. The monoisotopic (exact) mass is 317 g/mol. The molecule has 6 heteroatoms. The Kier molecular flexibility index (Phi) is 4.07. The third-order valence-electron chi connectivity index (χ3n) is 3.81. The molecule has 0 spiro atoms. The lowest BCUT2D eigenvalue weighted by Crippen LogP contribution is -2.50. The maximum Gasteiger partial charge on any atom is 0.410 e. The number of rotatable bonds is 2. The zero-order chi connectivity index (χ0) is 16.4.